The van der Waals surface area contributed by atoms with Crippen LogP contribution in [0.4, 0.5) is 0 Å². The number of hydrogen-bond acceptors (Lipinski definition) is 5. The molecule has 5 rings (SSSR count). The van der Waals surface area contributed by atoms with E-state index in [0.29, 0.717) is 13.1 Å². The maximum Gasteiger partial charge on any atom is 0.261 e. The summed E-state index contributed by atoms with van der Waals surface area (Å²) in [6.07, 6.45) is 4.09. The van der Waals surface area contributed by atoms with Crippen LogP contribution in [-0.4, -0.2) is 40.2 Å². The molecule has 1 saturated heterocycles. The van der Waals surface area contributed by atoms with Crippen LogP contribution in [-0.2, 0) is 6.54 Å². The monoisotopic (exact) mass is 448 g/mol. The summed E-state index contributed by atoms with van der Waals surface area (Å²) < 4.78 is 7.68. The number of fused-ring (bicyclic) bond motifs is 1. The lowest BCUT2D eigenvalue weighted by molar-refractivity contribution is 0.0938. The fraction of sp³-hybridized carbons (Fsp3) is 0.360. The van der Waals surface area contributed by atoms with Gasteiger partial charge in [0.2, 0.25) is 0 Å². The van der Waals surface area contributed by atoms with E-state index < -0.39 is 0 Å². The Bertz CT molecular complexity index is 1200. The third kappa shape index (κ3) is 4.23. The SMILES string of the molecule is Cc1ccc(Cn2nc(C)c3cc(C(=O)NC[C@H](c4ccco4)N4CCCC4)sc32)cc1. The average molecular weight is 449 g/mol. The highest BCUT2D eigenvalue weighted by Gasteiger charge is 2.26. The van der Waals surface area contributed by atoms with E-state index >= 15 is 0 Å². The number of thiophene rings is 1. The molecular weight excluding hydrogens is 420 g/mol. The van der Waals surface area contributed by atoms with E-state index in [1.54, 1.807) is 6.26 Å². The van der Waals surface area contributed by atoms with E-state index in [2.05, 4.69) is 41.4 Å². The topological polar surface area (TPSA) is 63.3 Å². The van der Waals surface area contributed by atoms with Crippen LogP contribution in [0.1, 0.15) is 51.1 Å². The third-order valence-corrected chi connectivity index (χ3v) is 7.34. The van der Waals surface area contributed by atoms with Crippen molar-refractivity contribution in [3.8, 4) is 0 Å². The van der Waals surface area contributed by atoms with Gasteiger partial charge in [0.05, 0.1) is 29.4 Å². The van der Waals surface area contributed by atoms with Gasteiger partial charge < -0.3 is 9.73 Å². The van der Waals surface area contributed by atoms with Crippen molar-refractivity contribution in [2.24, 2.45) is 0 Å². The molecule has 0 spiro atoms. The zero-order valence-corrected chi connectivity index (χ0v) is 19.3. The first-order valence-corrected chi connectivity index (χ1v) is 12.0. The number of nitrogens with one attached hydrogen (secondary N) is 1. The summed E-state index contributed by atoms with van der Waals surface area (Å²) in [5.41, 5.74) is 3.40. The fourth-order valence-corrected chi connectivity index (χ4v) is 5.50. The molecule has 0 saturated carbocycles. The summed E-state index contributed by atoms with van der Waals surface area (Å²) in [5.74, 6) is 0.872. The van der Waals surface area contributed by atoms with Crippen LogP contribution < -0.4 is 5.32 Å². The molecule has 0 unspecified atom stereocenters. The number of carbonyl (C=O) groups is 1. The molecule has 1 aromatic carbocycles. The number of furan rings is 1. The predicted octanol–water partition coefficient (Wildman–Crippen LogP) is 4.92. The summed E-state index contributed by atoms with van der Waals surface area (Å²) >= 11 is 1.51. The van der Waals surface area contributed by atoms with Crippen LogP contribution in [0.15, 0.2) is 53.1 Å². The van der Waals surface area contributed by atoms with Crippen molar-refractivity contribution < 1.29 is 9.21 Å². The first-order chi connectivity index (χ1) is 15.6. The molecule has 7 heteroatoms. The Morgan fingerprint density at radius 1 is 1.19 bits per heavy atom. The van der Waals surface area contributed by atoms with Crippen LogP contribution in [0.3, 0.4) is 0 Å². The second-order valence-electron chi connectivity index (χ2n) is 8.54. The number of aryl methyl sites for hydroxylation is 2. The lowest BCUT2D eigenvalue weighted by Gasteiger charge is -2.25. The number of carbonyl (C=O) groups excluding carboxylic acids is 1. The van der Waals surface area contributed by atoms with Crippen LogP contribution in [0, 0.1) is 13.8 Å². The Labute approximate surface area is 191 Å². The van der Waals surface area contributed by atoms with Gasteiger partial charge in [-0.25, -0.2) is 0 Å². The average Bonchev–Trinajstić information content (AvgIpc) is 3.58. The van der Waals surface area contributed by atoms with Crippen molar-refractivity contribution in [2.75, 3.05) is 19.6 Å². The number of likely N-dealkylation sites (tertiary alicyclic amines) is 1. The minimum absolute atomic E-state index is 0.0387. The van der Waals surface area contributed by atoms with Crippen LogP contribution >= 0.6 is 11.3 Å². The lowest BCUT2D eigenvalue weighted by Crippen LogP contribution is -2.36. The smallest absolute Gasteiger partial charge is 0.261 e. The van der Waals surface area contributed by atoms with Crippen molar-refractivity contribution >= 4 is 27.5 Å². The highest BCUT2D eigenvalue weighted by molar-refractivity contribution is 7.20. The first-order valence-electron chi connectivity index (χ1n) is 11.2. The first kappa shape index (κ1) is 21.0. The molecule has 1 aliphatic heterocycles. The van der Waals surface area contributed by atoms with E-state index in [1.165, 1.54) is 35.3 Å². The van der Waals surface area contributed by atoms with E-state index in [-0.39, 0.29) is 11.9 Å². The largest absolute Gasteiger partial charge is 0.468 e. The number of amides is 1. The molecule has 32 heavy (non-hydrogen) atoms. The minimum Gasteiger partial charge on any atom is -0.468 e. The molecule has 1 fully saturated rings. The zero-order chi connectivity index (χ0) is 22.1. The lowest BCUT2D eigenvalue weighted by atomic mass is 10.1. The van der Waals surface area contributed by atoms with Crippen LogP contribution in [0.2, 0.25) is 0 Å². The Kier molecular flexibility index (Phi) is 5.85. The highest BCUT2D eigenvalue weighted by Crippen LogP contribution is 2.30. The van der Waals surface area contributed by atoms with Gasteiger partial charge in [-0.3, -0.25) is 14.4 Å². The summed E-state index contributed by atoms with van der Waals surface area (Å²) in [6.45, 7) is 7.40. The third-order valence-electron chi connectivity index (χ3n) is 6.19. The van der Waals surface area contributed by atoms with Gasteiger partial charge in [-0.05, 0) is 63.5 Å². The maximum absolute atomic E-state index is 13.0. The summed E-state index contributed by atoms with van der Waals surface area (Å²) in [6, 6.07) is 14.5. The van der Waals surface area contributed by atoms with Crippen molar-refractivity contribution in [3.05, 3.63) is 76.2 Å². The van der Waals surface area contributed by atoms with Gasteiger partial charge in [-0.2, -0.15) is 5.10 Å². The number of aromatic nitrogens is 2. The van der Waals surface area contributed by atoms with E-state index in [4.69, 9.17) is 9.52 Å². The molecule has 0 bridgehead atoms. The van der Waals surface area contributed by atoms with Gasteiger partial charge in [-0.1, -0.05) is 29.8 Å². The van der Waals surface area contributed by atoms with Crippen molar-refractivity contribution in [1.82, 2.24) is 20.0 Å². The normalized spacial score (nSPS) is 15.4. The molecule has 1 amide bonds. The second-order valence-corrected chi connectivity index (χ2v) is 9.57. The van der Waals surface area contributed by atoms with Gasteiger partial charge in [0, 0.05) is 11.9 Å². The van der Waals surface area contributed by atoms with E-state index in [1.807, 2.05) is 29.8 Å². The maximum atomic E-state index is 13.0. The van der Waals surface area contributed by atoms with Crippen molar-refractivity contribution in [1.29, 1.82) is 0 Å². The second kappa shape index (κ2) is 8.92. The number of benzene rings is 1. The molecule has 4 aromatic rings. The summed E-state index contributed by atoms with van der Waals surface area (Å²) in [7, 11) is 0. The molecule has 166 valence electrons. The Morgan fingerprint density at radius 3 is 2.69 bits per heavy atom. The minimum atomic E-state index is -0.0387. The molecule has 0 radical (unpaired) electrons. The molecule has 4 heterocycles. The quantitative estimate of drug-likeness (QED) is 0.436. The summed E-state index contributed by atoms with van der Waals surface area (Å²) in [5, 5.41) is 8.90. The van der Waals surface area contributed by atoms with Crippen molar-refractivity contribution in [2.45, 2.75) is 39.3 Å². The van der Waals surface area contributed by atoms with Gasteiger partial charge in [0.25, 0.3) is 5.91 Å². The van der Waals surface area contributed by atoms with Crippen molar-refractivity contribution in [3.63, 3.8) is 0 Å². The molecule has 1 aliphatic rings. The Morgan fingerprint density at radius 2 is 1.97 bits per heavy atom. The number of nitrogens with zero attached hydrogens (tertiary/aromatic N) is 3. The molecule has 3 aromatic heterocycles. The zero-order valence-electron chi connectivity index (χ0n) is 18.5. The standard InChI is InChI=1S/C25H28N4O2S/c1-17-7-9-19(10-8-17)16-29-25-20(18(2)27-29)14-23(32-25)24(30)26-15-21(22-6-5-13-31-22)28-11-3-4-12-28/h5-10,13-14,21H,3-4,11-12,15-16H2,1-2H3,(H,26,30)/t21-/m1/s1. The molecule has 1 atom stereocenters. The van der Waals surface area contributed by atoms with Gasteiger partial charge >= 0.3 is 0 Å². The molecular formula is C25H28N4O2S. The van der Waals surface area contributed by atoms with Gasteiger partial charge in [-0.15, -0.1) is 11.3 Å². The highest BCUT2D eigenvalue weighted by atomic mass is 32.1. The van der Waals surface area contributed by atoms with Crippen LogP contribution in [0.25, 0.3) is 10.2 Å². The Balaban J connectivity index is 1.32. The van der Waals surface area contributed by atoms with E-state index in [0.717, 1.165) is 39.6 Å². The molecule has 0 aliphatic carbocycles. The van der Waals surface area contributed by atoms with Crippen LogP contribution in [0.5, 0.6) is 0 Å². The molecule has 1 N–H and O–H groups in total. The fourth-order valence-electron chi connectivity index (χ4n) is 4.42. The van der Waals surface area contributed by atoms with E-state index in [9.17, 15) is 4.79 Å². The number of rotatable bonds is 7. The Hall–Kier alpha value is -2.90. The summed E-state index contributed by atoms with van der Waals surface area (Å²) in [4.78, 5) is 17.2. The molecule has 6 nitrogen and oxygen atoms in total. The predicted molar refractivity (Wildman–Crippen MR) is 127 cm³/mol. The number of hydrogen-bond donors (Lipinski definition) is 1. The van der Waals surface area contributed by atoms with Gasteiger partial charge in [0.1, 0.15) is 10.6 Å². The van der Waals surface area contributed by atoms with Gasteiger partial charge in [0.15, 0.2) is 0 Å².